The van der Waals surface area contributed by atoms with E-state index in [0.717, 1.165) is 54.1 Å². The van der Waals surface area contributed by atoms with E-state index in [9.17, 15) is 55.5 Å². The lowest BCUT2D eigenvalue weighted by atomic mass is 10.1. The number of rotatable bonds is 22. The van der Waals surface area contributed by atoms with Crippen LogP contribution < -0.4 is 23.2 Å². The first-order chi connectivity index (χ1) is 48.3. The predicted octanol–water partition coefficient (Wildman–Crippen LogP) is 12.9. The zero-order valence-corrected chi connectivity index (χ0v) is 72.7. The summed E-state index contributed by atoms with van der Waals surface area (Å²) in [7, 11) is -1.97. The maximum atomic E-state index is 12.6. The molecule has 5 amide bonds. The Morgan fingerprint density at radius 3 is 1.01 bits per heavy atom. The van der Waals surface area contributed by atoms with Crippen LogP contribution >= 0.6 is 10.7 Å². The van der Waals surface area contributed by atoms with Crippen LogP contribution in [-0.2, 0) is 51.8 Å². The molecule has 1 aromatic rings. The van der Waals surface area contributed by atoms with Crippen molar-refractivity contribution in [1.29, 1.82) is 0 Å². The SMILES string of the molecule is C.C=C(C)CCC[C@H](C)O.C=C(C)CN(C[C@@H](C)N)C(=O)OC(C)(C)C.C=C(C)CN(C[C@@H](C)N1C(=O)c2ccccc2C1=O)C(=O)OC(C)(C)C.C=C(C)CN(C[C@H](C)O)C(=O)OC(C)(C)C.C=C(C)CO.C=C(C)COS(C)(=O)=O.CC(C)(C)OC(=O)OC(=O)OC(C)(C)C.CS(=O)(=O)Cl.C[C@H](O)CN.NN. The zero-order valence-electron chi connectivity index (χ0n) is 70.4. The van der Waals surface area contributed by atoms with E-state index < -0.39 is 83.8 Å². The highest BCUT2D eigenvalue weighted by Gasteiger charge is 2.39. The van der Waals surface area contributed by atoms with Gasteiger partial charge < -0.3 is 75.0 Å². The molecule has 30 nitrogen and oxygen atoms in total. The van der Waals surface area contributed by atoms with E-state index in [1.165, 1.54) is 20.3 Å². The maximum Gasteiger partial charge on any atom is 0.519 e. The van der Waals surface area contributed by atoms with Gasteiger partial charge in [0.2, 0.25) is 9.05 Å². The number of nitrogens with zero attached hydrogens (tertiary/aromatic N) is 4. The standard InChI is InChI=1S/C20H26N2O4.C12H24N2O2.C12H23NO3.C10H18O5.C8H16O.C5H10O3S.C4H8O.C3H9NO.CH3ClO2S.CH4.H4N2/c1-13(2)11-21(19(25)26-20(4,5)6)12-14(3)22-17(23)15-9-7-8-10-16(15)18(22)24;1-9(2)7-14(8-10(3)13)11(15)16-12(4,5)6;1-9(2)7-13(8-10(3)14)11(15)16-12(4,5)6;1-9(2,3)14-7(11)13-8(12)15-10(4,5)6;1-7(2)5-4-6-8(3)9;1-5(2)4-8-9(3,6)7;1-4(2)3-5;1-3(5)2-4;1-5(2,3)4;;1-2/h7-10,14H,1,11-12H2,2-6H3;10H,1,7-8,13H2,2-6H3;10,14H,1,7-8H2,2-6H3;1-6H3;8-9H,1,4-6H2,2-3H3;1,4H2,2-3H3;5H,1,3H2,2H3;3,5H,2,4H2,1H3;1H3;1H4;1-2H2/t14-;2*10-;;8-;;;3-;;;/m110.0..0.../s1. The van der Waals surface area contributed by atoms with E-state index in [-0.39, 0.29) is 69.9 Å². The number of hydrogen-bond donors (Lipinski definition) is 8. The maximum absolute atomic E-state index is 12.6. The highest BCUT2D eigenvalue weighted by Crippen LogP contribution is 2.26. The van der Waals surface area contributed by atoms with Crippen molar-refractivity contribution in [3.63, 3.8) is 0 Å². The molecule has 2 rings (SSSR count). The summed E-state index contributed by atoms with van der Waals surface area (Å²) < 4.78 is 73.5. The number of hydrazine groups is 1. The molecule has 0 fully saturated rings. The van der Waals surface area contributed by atoms with Crippen LogP contribution in [0.3, 0.4) is 0 Å². The smallest absolute Gasteiger partial charge is 0.444 e. The first kappa shape index (κ1) is 120. The number of imide groups is 1. The summed E-state index contributed by atoms with van der Waals surface area (Å²) in [6, 6.07) is 6.17. The van der Waals surface area contributed by atoms with E-state index in [0.29, 0.717) is 49.4 Å². The van der Waals surface area contributed by atoms with Gasteiger partial charge in [-0.2, -0.15) is 8.42 Å². The molecule has 109 heavy (non-hydrogen) atoms. The number of aliphatic hydroxyl groups is 4. The van der Waals surface area contributed by atoms with Crippen molar-refractivity contribution in [2.24, 2.45) is 23.2 Å². The number of allylic oxidation sites excluding steroid dienone is 1. The Morgan fingerprint density at radius 1 is 0.523 bits per heavy atom. The van der Waals surface area contributed by atoms with Gasteiger partial charge in [0.25, 0.3) is 21.9 Å². The summed E-state index contributed by atoms with van der Waals surface area (Å²) in [6.45, 7) is 70.8. The second kappa shape index (κ2) is 59.9. The van der Waals surface area contributed by atoms with Gasteiger partial charge in [-0.05, 0) is 211 Å². The number of carbonyl (C=O) groups is 7. The molecule has 0 aliphatic carbocycles. The number of aliphatic hydroxyl groups excluding tert-OH is 4. The van der Waals surface area contributed by atoms with Gasteiger partial charge in [-0.1, -0.05) is 85.9 Å². The molecule has 640 valence electrons. The molecule has 0 bridgehead atoms. The fourth-order valence-corrected chi connectivity index (χ4v) is 7.18. The molecule has 0 saturated carbocycles. The molecule has 0 unspecified atom stereocenters. The molecule has 0 spiro atoms. The molecule has 1 aromatic carbocycles. The second-order valence-electron chi connectivity index (χ2n) is 30.7. The summed E-state index contributed by atoms with van der Waals surface area (Å²) in [5, 5.41) is 34.4. The van der Waals surface area contributed by atoms with Crippen LogP contribution in [0.15, 0.2) is 97.2 Å². The lowest BCUT2D eigenvalue weighted by Gasteiger charge is -2.32. The van der Waals surface area contributed by atoms with Gasteiger partial charge in [0, 0.05) is 62.5 Å². The summed E-state index contributed by atoms with van der Waals surface area (Å²) in [6.07, 6.45) is 0.503. The molecule has 1 heterocycles. The molecule has 0 saturated heterocycles. The Balaban J connectivity index is -0.000000155. The second-order valence-corrected chi connectivity index (χ2v) is 35.4. The fourth-order valence-electron chi connectivity index (χ4n) is 6.76. The first-order valence-corrected chi connectivity index (χ1v) is 38.9. The van der Waals surface area contributed by atoms with E-state index in [1.54, 1.807) is 126 Å². The van der Waals surface area contributed by atoms with Crippen molar-refractivity contribution in [2.45, 2.75) is 265 Å². The third-order valence-electron chi connectivity index (χ3n) is 10.4. The van der Waals surface area contributed by atoms with Crippen molar-refractivity contribution in [2.75, 3.05) is 71.5 Å². The van der Waals surface area contributed by atoms with E-state index >= 15 is 0 Å². The topological polar surface area (TPSA) is 450 Å². The normalized spacial score (nSPS) is 12.7. The van der Waals surface area contributed by atoms with Crippen LogP contribution in [0.5, 0.6) is 0 Å². The molecule has 1 aliphatic rings. The summed E-state index contributed by atoms with van der Waals surface area (Å²) in [4.78, 5) is 89.1. The highest BCUT2D eigenvalue weighted by molar-refractivity contribution is 8.13. The monoisotopic (exact) mass is 1620 g/mol. The molecule has 1 aliphatic heterocycles. The molecule has 33 heteroatoms. The van der Waals surface area contributed by atoms with Gasteiger partial charge in [-0.15, -0.1) is 6.58 Å². The van der Waals surface area contributed by atoms with E-state index in [2.05, 4.69) is 70.8 Å². The van der Waals surface area contributed by atoms with E-state index in [4.69, 9.17) is 50.5 Å². The van der Waals surface area contributed by atoms with Crippen molar-refractivity contribution in [3.05, 3.63) is 108 Å². The molecular weight excluding hydrogens is 1480 g/mol. The molecule has 5 atom stereocenters. The highest BCUT2D eigenvalue weighted by atomic mass is 35.7. The molecule has 0 radical (unpaired) electrons. The van der Waals surface area contributed by atoms with Crippen LogP contribution in [0.2, 0.25) is 0 Å². The lowest BCUT2D eigenvalue weighted by molar-refractivity contribution is -0.0295. The Morgan fingerprint density at radius 2 is 0.807 bits per heavy atom. The van der Waals surface area contributed by atoms with Crippen LogP contribution in [-0.4, -0.2) is 229 Å². The fraction of sp³-hybridized carbons (Fsp3) is 0.671. The molecule has 0 aromatic heterocycles. The third kappa shape index (κ3) is 90.0. The Kier molecular flexibility index (Phi) is 66.2. The van der Waals surface area contributed by atoms with E-state index in [1.807, 2.05) is 83.1 Å². The number of nitrogens with two attached hydrogens (primary N) is 4. The van der Waals surface area contributed by atoms with Gasteiger partial charge in [0.05, 0.1) is 61.2 Å². The van der Waals surface area contributed by atoms with Crippen LogP contribution in [0.4, 0.5) is 24.0 Å². The van der Waals surface area contributed by atoms with Crippen molar-refractivity contribution in [3.8, 4) is 0 Å². The van der Waals surface area contributed by atoms with Gasteiger partial charge in [0.15, 0.2) is 0 Å². The lowest BCUT2D eigenvalue weighted by Crippen LogP contribution is -2.48. The summed E-state index contributed by atoms with van der Waals surface area (Å²) in [5.74, 6) is 7.33. The summed E-state index contributed by atoms with van der Waals surface area (Å²) in [5.41, 5.74) is 13.6. The number of fused-ring (bicyclic) bond motifs is 1. The quantitative estimate of drug-likeness (QED) is 0.00615. The number of carbonyl (C=O) groups excluding carboxylic acids is 7. The average Bonchev–Trinajstić information content (AvgIpc) is 1.63. The number of halogens is 1. The Hall–Kier alpha value is -6.82. The number of hydrogen-bond acceptors (Lipinski definition) is 26. The van der Waals surface area contributed by atoms with Gasteiger partial charge in [-0.25, -0.2) is 32.4 Å². The molecule has 12 N–H and O–H groups in total. The predicted molar refractivity (Wildman–Crippen MR) is 438 cm³/mol. The number of ether oxygens (including phenoxy) is 6. The Labute approximate surface area is 660 Å². The van der Waals surface area contributed by atoms with Crippen LogP contribution in [0.1, 0.15) is 227 Å². The average molecular weight is 1620 g/mol. The minimum absolute atomic E-state index is 0. The van der Waals surface area contributed by atoms with Crippen molar-refractivity contribution >= 4 is 72.3 Å². The largest absolute Gasteiger partial charge is 0.519 e. The number of benzene rings is 1. The first-order valence-electron chi connectivity index (χ1n) is 34.4. The van der Waals surface area contributed by atoms with Crippen LogP contribution in [0.25, 0.3) is 0 Å². The minimum Gasteiger partial charge on any atom is -0.444 e. The zero-order chi connectivity index (χ0) is 87.6. The van der Waals surface area contributed by atoms with Gasteiger partial charge >= 0.3 is 30.6 Å². The third-order valence-corrected chi connectivity index (χ3v) is 10.9. The van der Waals surface area contributed by atoms with Crippen LogP contribution in [0, 0.1) is 0 Å². The van der Waals surface area contributed by atoms with Gasteiger partial charge in [0.1, 0.15) is 28.0 Å². The van der Waals surface area contributed by atoms with Crippen molar-refractivity contribution in [1.82, 2.24) is 19.6 Å². The Bertz CT molecular complexity index is 3000. The molecular formula is C76H145ClN8O22S2. The summed E-state index contributed by atoms with van der Waals surface area (Å²) >= 11 is 0. The number of amides is 5. The van der Waals surface area contributed by atoms with Gasteiger partial charge in [-0.3, -0.25) is 30.4 Å². The van der Waals surface area contributed by atoms with Crippen molar-refractivity contribution < 1.29 is 103 Å². The minimum atomic E-state index is -3.28.